The predicted octanol–water partition coefficient (Wildman–Crippen LogP) is 2.37. The number of ether oxygens (including phenoxy) is 2. The van der Waals surface area contributed by atoms with Gasteiger partial charge in [0.2, 0.25) is 0 Å². The molecule has 16 heavy (non-hydrogen) atoms. The van der Waals surface area contributed by atoms with Gasteiger partial charge in [-0.15, -0.1) is 0 Å². The molecule has 88 valence electrons. The van der Waals surface area contributed by atoms with Gasteiger partial charge in [-0.2, -0.15) is 0 Å². The molecule has 3 heteroatoms. The van der Waals surface area contributed by atoms with Crippen molar-refractivity contribution in [1.29, 1.82) is 0 Å². The van der Waals surface area contributed by atoms with Crippen LogP contribution >= 0.6 is 0 Å². The van der Waals surface area contributed by atoms with Gasteiger partial charge in [0, 0.05) is 18.2 Å². The molecule has 0 aromatic heterocycles. The quantitative estimate of drug-likeness (QED) is 0.748. The van der Waals surface area contributed by atoms with E-state index < -0.39 is 0 Å². The van der Waals surface area contributed by atoms with Crippen LogP contribution in [-0.4, -0.2) is 20.8 Å². The van der Waals surface area contributed by atoms with Crippen molar-refractivity contribution in [2.24, 2.45) is 0 Å². The minimum atomic E-state index is 0.532. The molecule has 1 N–H and O–H groups in total. The maximum Gasteiger partial charge on any atom is 0.127 e. The van der Waals surface area contributed by atoms with Crippen LogP contribution in [0.4, 0.5) is 0 Å². The average molecular weight is 221 g/mol. The zero-order valence-corrected chi connectivity index (χ0v) is 10.2. The summed E-state index contributed by atoms with van der Waals surface area (Å²) in [6, 6.07) is 5.83. The lowest BCUT2D eigenvalue weighted by Crippen LogP contribution is -2.08. The van der Waals surface area contributed by atoms with E-state index in [0.29, 0.717) is 6.61 Å². The summed E-state index contributed by atoms with van der Waals surface area (Å²) in [5.74, 6) is 1.65. The Labute approximate surface area is 97.1 Å². The van der Waals surface area contributed by atoms with Crippen LogP contribution in [-0.2, 0) is 6.54 Å². The Balaban J connectivity index is 2.86. The van der Waals surface area contributed by atoms with Gasteiger partial charge in [-0.1, -0.05) is 12.6 Å². The van der Waals surface area contributed by atoms with Crippen molar-refractivity contribution in [2.45, 2.75) is 13.5 Å². The number of nitrogens with one attached hydrogen (secondary N) is 1. The van der Waals surface area contributed by atoms with Crippen molar-refractivity contribution in [1.82, 2.24) is 5.32 Å². The molecule has 0 fully saturated rings. The Hall–Kier alpha value is -1.48. The molecule has 0 amide bonds. The van der Waals surface area contributed by atoms with Gasteiger partial charge < -0.3 is 14.8 Å². The van der Waals surface area contributed by atoms with E-state index in [1.807, 2.05) is 32.2 Å². The Morgan fingerprint density at radius 2 is 2.19 bits per heavy atom. The first-order valence-corrected chi connectivity index (χ1v) is 5.26. The molecule has 0 aliphatic rings. The van der Waals surface area contributed by atoms with Crippen molar-refractivity contribution >= 4 is 0 Å². The number of hydrogen-bond donors (Lipinski definition) is 1. The van der Waals surface area contributed by atoms with Crippen LogP contribution in [0.15, 0.2) is 30.4 Å². The summed E-state index contributed by atoms with van der Waals surface area (Å²) >= 11 is 0. The minimum Gasteiger partial charge on any atom is -0.497 e. The number of benzene rings is 1. The molecule has 0 heterocycles. The molecule has 0 saturated heterocycles. The first-order valence-electron chi connectivity index (χ1n) is 5.26. The molecule has 0 aliphatic carbocycles. The van der Waals surface area contributed by atoms with E-state index in [-0.39, 0.29) is 0 Å². The summed E-state index contributed by atoms with van der Waals surface area (Å²) in [6.07, 6.45) is 0. The molecular weight excluding hydrogens is 202 g/mol. The van der Waals surface area contributed by atoms with Gasteiger partial charge >= 0.3 is 0 Å². The predicted molar refractivity (Wildman–Crippen MR) is 66.1 cm³/mol. The fraction of sp³-hybridized carbons (Fsp3) is 0.385. The SMILES string of the molecule is C=C(C)COc1cc(OC)ccc1CNC. The fourth-order valence-electron chi connectivity index (χ4n) is 1.33. The van der Waals surface area contributed by atoms with Crippen LogP contribution in [0.25, 0.3) is 0 Å². The number of rotatable bonds is 6. The second-order valence-electron chi connectivity index (χ2n) is 3.75. The van der Waals surface area contributed by atoms with Crippen molar-refractivity contribution in [3.63, 3.8) is 0 Å². The van der Waals surface area contributed by atoms with Gasteiger partial charge in [0.1, 0.15) is 18.1 Å². The number of methoxy groups -OCH3 is 1. The van der Waals surface area contributed by atoms with Crippen LogP contribution in [0.3, 0.4) is 0 Å². The van der Waals surface area contributed by atoms with Gasteiger partial charge in [-0.25, -0.2) is 0 Å². The summed E-state index contributed by atoms with van der Waals surface area (Å²) in [5.41, 5.74) is 2.11. The highest BCUT2D eigenvalue weighted by atomic mass is 16.5. The Morgan fingerprint density at radius 3 is 2.75 bits per heavy atom. The molecule has 3 nitrogen and oxygen atoms in total. The van der Waals surface area contributed by atoms with Gasteiger partial charge in [-0.3, -0.25) is 0 Å². The molecule has 0 aliphatic heterocycles. The monoisotopic (exact) mass is 221 g/mol. The summed E-state index contributed by atoms with van der Waals surface area (Å²) in [5, 5.41) is 3.11. The van der Waals surface area contributed by atoms with Gasteiger partial charge in [-0.05, 0) is 25.6 Å². The van der Waals surface area contributed by atoms with Crippen LogP contribution in [0.5, 0.6) is 11.5 Å². The van der Waals surface area contributed by atoms with Crippen LogP contribution in [0, 0.1) is 0 Å². The molecule has 0 bridgehead atoms. The molecule has 1 aromatic rings. The highest BCUT2D eigenvalue weighted by Crippen LogP contribution is 2.25. The smallest absolute Gasteiger partial charge is 0.127 e. The molecule has 0 unspecified atom stereocenters. The zero-order valence-electron chi connectivity index (χ0n) is 10.2. The van der Waals surface area contributed by atoms with Crippen LogP contribution in [0.2, 0.25) is 0 Å². The lowest BCUT2D eigenvalue weighted by atomic mass is 10.2. The van der Waals surface area contributed by atoms with Gasteiger partial charge in [0.25, 0.3) is 0 Å². The fourth-order valence-corrected chi connectivity index (χ4v) is 1.33. The summed E-state index contributed by atoms with van der Waals surface area (Å²) in [6.45, 7) is 7.06. The third-order valence-corrected chi connectivity index (χ3v) is 2.12. The Morgan fingerprint density at radius 1 is 1.44 bits per heavy atom. The molecule has 1 rings (SSSR count). The van der Waals surface area contributed by atoms with Crippen molar-refractivity contribution in [3.8, 4) is 11.5 Å². The molecule has 0 saturated carbocycles. The first-order chi connectivity index (χ1) is 7.67. The van der Waals surface area contributed by atoms with Gasteiger partial charge in [0.15, 0.2) is 0 Å². The third-order valence-electron chi connectivity index (χ3n) is 2.12. The standard InChI is InChI=1S/C13H19NO2/c1-10(2)9-16-13-7-12(15-4)6-5-11(13)8-14-3/h5-7,14H,1,8-9H2,2-4H3. The summed E-state index contributed by atoms with van der Waals surface area (Å²) < 4.78 is 10.8. The second kappa shape index (κ2) is 6.18. The van der Waals surface area contributed by atoms with E-state index in [2.05, 4.69) is 11.9 Å². The summed E-state index contributed by atoms with van der Waals surface area (Å²) in [4.78, 5) is 0. The lowest BCUT2D eigenvalue weighted by molar-refractivity contribution is 0.343. The second-order valence-corrected chi connectivity index (χ2v) is 3.75. The molecule has 0 atom stereocenters. The van der Waals surface area contributed by atoms with Crippen molar-refractivity contribution in [2.75, 3.05) is 20.8 Å². The first kappa shape index (κ1) is 12.6. The Bertz CT molecular complexity index is 361. The van der Waals surface area contributed by atoms with Gasteiger partial charge in [0.05, 0.1) is 7.11 Å². The maximum absolute atomic E-state index is 5.67. The maximum atomic E-state index is 5.67. The van der Waals surface area contributed by atoms with E-state index in [9.17, 15) is 0 Å². The zero-order chi connectivity index (χ0) is 12.0. The largest absolute Gasteiger partial charge is 0.497 e. The molecule has 1 aromatic carbocycles. The topological polar surface area (TPSA) is 30.5 Å². The third kappa shape index (κ3) is 3.59. The van der Waals surface area contributed by atoms with Crippen molar-refractivity contribution < 1.29 is 9.47 Å². The van der Waals surface area contributed by atoms with Crippen molar-refractivity contribution in [3.05, 3.63) is 35.9 Å². The molecule has 0 spiro atoms. The van der Waals surface area contributed by atoms with E-state index in [1.54, 1.807) is 7.11 Å². The van der Waals surface area contributed by atoms with E-state index >= 15 is 0 Å². The highest BCUT2D eigenvalue weighted by molar-refractivity contribution is 5.40. The summed E-state index contributed by atoms with van der Waals surface area (Å²) in [7, 11) is 3.56. The average Bonchev–Trinajstić information content (AvgIpc) is 2.28. The van der Waals surface area contributed by atoms with E-state index in [4.69, 9.17) is 9.47 Å². The van der Waals surface area contributed by atoms with Crippen LogP contribution < -0.4 is 14.8 Å². The lowest BCUT2D eigenvalue weighted by Gasteiger charge is -2.12. The Kier molecular flexibility index (Phi) is 4.86. The minimum absolute atomic E-state index is 0.532. The molecule has 0 radical (unpaired) electrons. The van der Waals surface area contributed by atoms with Crippen LogP contribution in [0.1, 0.15) is 12.5 Å². The molecular formula is C13H19NO2. The highest BCUT2D eigenvalue weighted by Gasteiger charge is 2.05. The van der Waals surface area contributed by atoms with E-state index in [1.165, 1.54) is 0 Å². The normalized spacial score (nSPS) is 9.94. The van der Waals surface area contributed by atoms with E-state index in [0.717, 1.165) is 29.2 Å². The number of hydrogen-bond acceptors (Lipinski definition) is 3.